The Morgan fingerprint density at radius 1 is 1.00 bits per heavy atom. The van der Waals surface area contributed by atoms with E-state index in [0.717, 1.165) is 23.4 Å². The molecule has 0 N–H and O–H groups in total. The third-order valence-electron chi connectivity index (χ3n) is 6.28. The fourth-order valence-corrected chi connectivity index (χ4v) is 4.13. The third kappa shape index (κ3) is 5.69. The Balaban J connectivity index is 1.37. The predicted molar refractivity (Wildman–Crippen MR) is 141 cm³/mol. The first-order valence-electron chi connectivity index (χ1n) is 12.0. The van der Waals surface area contributed by atoms with Crippen LogP contribution in [0.5, 0.6) is 17.2 Å². The zero-order chi connectivity index (χ0) is 25.5. The maximum absolute atomic E-state index is 13.1. The first-order chi connectivity index (χ1) is 17.5. The highest BCUT2D eigenvalue weighted by Gasteiger charge is 2.26. The van der Waals surface area contributed by atoms with Gasteiger partial charge >= 0.3 is 0 Å². The minimum Gasteiger partial charge on any atom is -0.493 e. The van der Waals surface area contributed by atoms with Crippen molar-refractivity contribution in [3.63, 3.8) is 0 Å². The van der Waals surface area contributed by atoms with Gasteiger partial charge in [0.2, 0.25) is 0 Å². The van der Waals surface area contributed by atoms with Crippen molar-refractivity contribution in [1.82, 2.24) is 0 Å². The number of para-hydroxylation sites is 1. The van der Waals surface area contributed by atoms with Crippen LogP contribution in [0, 0.1) is 25.2 Å². The lowest BCUT2D eigenvalue weighted by Crippen LogP contribution is -2.29. The van der Waals surface area contributed by atoms with Crippen molar-refractivity contribution in [2.45, 2.75) is 26.7 Å². The highest BCUT2D eigenvalue weighted by atomic mass is 16.5. The number of ether oxygens (including phenoxy) is 3. The van der Waals surface area contributed by atoms with Crippen LogP contribution >= 0.6 is 0 Å². The largest absolute Gasteiger partial charge is 0.493 e. The van der Waals surface area contributed by atoms with Gasteiger partial charge in [0.1, 0.15) is 17.4 Å². The van der Waals surface area contributed by atoms with Crippen molar-refractivity contribution in [1.29, 1.82) is 5.26 Å². The topological polar surface area (TPSA) is 71.8 Å². The minimum atomic E-state index is -0.300. The van der Waals surface area contributed by atoms with Crippen molar-refractivity contribution in [2.75, 3.05) is 31.8 Å². The van der Waals surface area contributed by atoms with Gasteiger partial charge in [0.15, 0.2) is 11.5 Å². The molecule has 0 spiro atoms. The summed E-state index contributed by atoms with van der Waals surface area (Å²) in [5.74, 6) is 1.69. The van der Waals surface area contributed by atoms with Crippen molar-refractivity contribution in [3.8, 4) is 23.3 Å². The van der Waals surface area contributed by atoms with E-state index in [2.05, 4.69) is 26.0 Å². The molecule has 1 heterocycles. The van der Waals surface area contributed by atoms with E-state index < -0.39 is 0 Å². The number of hydrogen-bond acceptors (Lipinski definition) is 5. The van der Waals surface area contributed by atoms with Crippen LogP contribution in [0.1, 0.15) is 28.7 Å². The van der Waals surface area contributed by atoms with Crippen molar-refractivity contribution >= 4 is 17.7 Å². The van der Waals surface area contributed by atoms with E-state index in [1.165, 1.54) is 11.1 Å². The summed E-state index contributed by atoms with van der Waals surface area (Å²) >= 11 is 0. The lowest BCUT2D eigenvalue weighted by molar-refractivity contribution is -0.114. The van der Waals surface area contributed by atoms with E-state index >= 15 is 0 Å². The molecular formula is C30H30N2O4. The Labute approximate surface area is 212 Å². The van der Waals surface area contributed by atoms with Crippen LogP contribution in [0.2, 0.25) is 0 Å². The van der Waals surface area contributed by atoms with E-state index in [9.17, 15) is 10.1 Å². The molecule has 4 rings (SSSR count). The van der Waals surface area contributed by atoms with Gasteiger partial charge in [-0.2, -0.15) is 5.26 Å². The number of nitrogens with zero attached hydrogens (tertiary/aromatic N) is 2. The van der Waals surface area contributed by atoms with Gasteiger partial charge in [-0.25, -0.2) is 0 Å². The van der Waals surface area contributed by atoms with E-state index in [1.807, 2.05) is 42.5 Å². The maximum atomic E-state index is 13.1. The second-order valence-electron chi connectivity index (χ2n) is 8.71. The zero-order valence-corrected chi connectivity index (χ0v) is 20.9. The highest BCUT2D eigenvalue weighted by molar-refractivity contribution is 6.12. The number of anilines is 1. The molecule has 1 aliphatic heterocycles. The first kappa shape index (κ1) is 24.9. The summed E-state index contributed by atoms with van der Waals surface area (Å²) in [7, 11) is 1.57. The van der Waals surface area contributed by atoms with Gasteiger partial charge in [0.05, 0.1) is 20.3 Å². The fraction of sp³-hybridized carbons (Fsp3) is 0.267. The summed E-state index contributed by atoms with van der Waals surface area (Å²) in [5, 5.41) is 9.69. The Bertz CT molecular complexity index is 1320. The summed E-state index contributed by atoms with van der Waals surface area (Å²) in [4.78, 5) is 14.7. The second-order valence-corrected chi connectivity index (χ2v) is 8.71. The van der Waals surface area contributed by atoms with Crippen LogP contribution in [0.15, 0.2) is 66.2 Å². The van der Waals surface area contributed by atoms with Gasteiger partial charge in [-0.3, -0.25) is 4.79 Å². The summed E-state index contributed by atoms with van der Waals surface area (Å²) in [6, 6.07) is 21.3. The molecule has 0 aromatic heterocycles. The van der Waals surface area contributed by atoms with E-state index in [-0.39, 0.29) is 11.5 Å². The van der Waals surface area contributed by atoms with Crippen molar-refractivity contribution in [3.05, 3.63) is 88.5 Å². The number of carbonyl (C=O) groups excluding carboxylic acids is 1. The second kappa shape index (κ2) is 11.5. The van der Waals surface area contributed by atoms with Crippen molar-refractivity contribution in [2.24, 2.45) is 0 Å². The maximum Gasteiger partial charge on any atom is 0.268 e. The van der Waals surface area contributed by atoms with Crippen LogP contribution in [-0.2, 0) is 11.2 Å². The van der Waals surface area contributed by atoms with E-state index in [1.54, 1.807) is 30.2 Å². The predicted octanol–water partition coefficient (Wildman–Crippen LogP) is 5.66. The average Bonchev–Trinajstić information content (AvgIpc) is 3.33. The van der Waals surface area contributed by atoms with Crippen LogP contribution in [0.25, 0.3) is 6.08 Å². The lowest BCUT2D eigenvalue weighted by atomic mass is 10.1. The molecule has 6 nitrogen and oxygen atoms in total. The van der Waals surface area contributed by atoms with Gasteiger partial charge in [0.25, 0.3) is 5.91 Å². The Morgan fingerprint density at radius 3 is 2.58 bits per heavy atom. The summed E-state index contributed by atoms with van der Waals surface area (Å²) in [6.45, 7) is 5.72. The molecule has 3 aromatic carbocycles. The molecule has 0 unspecified atom stereocenters. The highest BCUT2D eigenvalue weighted by Crippen LogP contribution is 2.31. The zero-order valence-electron chi connectivity index (χ0n) is 20.9. The average molecular weight is 483 g/mol. The van der Waals surface area contributed by atoms with Gasteiger partial charge in [-0.1, -0.05) is 30.3 Å². The molecule has 0 saturated carbocycles. The molecule has 6 heteroatoms. The van der Waals surface area contributed by atoms with Crippen LogP contribution in [0.4, 0.5) is 5.69 Å². The molecule has 1 aliphatic rings. The number of fused-ring (bicyclic) bond motifs is 1. The van der Waals surface area contributed by atoms with Crippen LogP contribution < -0.4 is 19.1 Å². The summed E-state index contributed by atoms with van der Waals surface area (Å²) < 4.78 is 17.2. The number of hydrogen-bond donors (Lipinski definition) is 0. The van der Waals surface area contributed by atoms with Crippen LogP contribution in [-0.4, -0.2) is 32.8 Å². The molecule has 0 atom stereocenters. The lowest BCUT2D eigenvalue weighted by Gasteiger charge is -2.16. The molecular weight excluding hydrogens is 452 g/mol. The van der Waals surface area contributed by atoms with Gasteiger partial charge < -0.3 is 19.1 Å². The molecule has 0 aliphatic carbocycles. The molecule has 3 aromatic rings. The van der Waals surface area contributed by atoms with Gasteiger partial charge in [-0.05, 0) is 78.9 Å². The standard InChI is InChI=1S/C30H30N2O4/c1-21-9-11-26(17-22(21)2)35-15-6-16-36-28-12-10-23(19-29(28)34-3)18-25(20-31)30(33)32-14-13-24-7-4-5-8-27(24)32/h4-5,7-12,17-19H,6,13-16H2,1-3H3. The van der Waals surface area contributed by atoms with Crippen molar-refractivity contribution < 1.29 is 19.0 Å². The number of nitriles is 1. The van der Waals surface area contributed by atoms with Crippen LogP contribution in [0.3, 0.4) is 0 Å². The van der Waals surface area contributed by atoms with Gasteiger partial charge in [0, 0.05) is 18.7 Å². The summed E-state index contributed by atoms with van der Waals surface area (Å²) in [5.41, 5.74) is 5.19. The molecule has 184 valence electrons. The van der Waals surface area contributed by atoms with Gasteiger partial charge in [-0.15, -0.1) is 0 Å². The number of amides is 1. The minimum absolute atomic E-state index is 0.0749. The Morgan fingerprint density at radius 2 is 1.81 bits per heavy atom. The van der Waals surface area contributed by atoms with E-state index in [4.69, 9.17) is 14.2 Å². The quantitative estimate of drug-likeness (QED) is 0.224. The van der Waals surface area contributed by atoms with E-state index in [0.29, 0.717) is 43.2 Å². The molecule has 0 bridgehead atoms. The number of methoxy groups -OCH3 is 1. The SMILES string of the molecule is COc1cc(C=C(C#N)C(=O)N2CCc3ccccc32)ccc1OCCCOc1ccc(C)c(C)c1. The fourth-order valence-electron chi connectivity index (χ4n) is 4.13. The monoisotopic (exact) mass is 482 g/mol. The smallest absolute Gasteiger partial charge is 0.268 e. The number of aryl methyl sites for hydroxylation is 2. The third-order valence-corrected chi connectivity index (χ3v) is 6.28. The molecule has 0 fully saturated rings. The number of benzene rings is 3. The first-order valence-corrected chi connectivity index (χ1v) is 12.0. The number of rotatable bonds is 9. The molecule has 0 saturated heterocycles. The summed E-state index contributed by atoms with van der Waals surface area (Å²) in [6.07, 6.45) is 3.09. The molecule has 1 amide bonds. The molecule has 36 heavy (non-hydrogen) atoms. The molecule has 0 radical (unpaired) electrons. The Hall–Kier alpha value is -4.24. The Kier molecular flexibility index (Phi) is 7.92. The number of carbonyl (C=O) groups is 1. The normalized spacial score (nSPS) is 12.6.